The molecule has 0 bridgehead atoms. The van der Waals surface area contributed by atoms with Crippen molar-refractivity contribution in [3.8, 4) is 0 Å². The molecule has 19 heavy (non-hydrogen) atoms. The summed E-state index contributed by atoms with van der Waals surface area (Å²) in [7, 11) is 0. The number of thioether (sulfide) groups is 1. The Labute approximate surface area is 117 Å². The summed E-state index contributed by atoms with van der Waals surface area (Å²) < 4.78 is 0. The van der Waals surface area contributed by atoms with E-state index in [1.54, 1.807) is 4.90 Å². The zero-order chi connectivity index (χ0) is 15.0. The molecule has 2 amide bonds. The fourth-order valence-corrected chi connectivity index (χ4v) is 2.70. The molecule has 0 radical (unpaired) electrons. The number of rotatable bonds is 9. The second-order valence-corrected chi connectivity index (χ2v) is 5.71. The molecule has 0 spiro atoms. The molecule has 1 atom stereocenters. The third-order valence-electron chi connectivity index (χ3n) is 2.48. The fraction of sp³-hybridized carbons (Fsp3) is 0.750. The third-order valence-corrected chi connectivity index (χ3v) is 3.50. The van der Waals surface area contributed by atoms with Crippen molar-refractivity contribution in [3.05, 3.63) is 0 Å². The van der Waals surface area contributed by atoms with E-state index in [1.807, 2.05) is 27.7 Å². The maximum atomic E-state index is 12.0. The summed E-state index contributed by atoms with van der Waals surface area (Å²) in [6.45, 7) is 7.76. The van der Waals surface area contributed by atoms with E-state index < -0.39 is 12.0 Å². The van der Waals surface area contributed by atoms with Crippen LogP contribution in [-0.2, 0) is 14.4 Å². The van der Waals surface area contributed by atoms with Crippen LogP contribution in [0.4, 0.5) is 0 Å². The van der Waals surface area contributed by atoms with Crippen LogP contribution < -0.4 is 5.32 Å². The van der Waals surface area contributed by atoms with E-state index in [1.165, 1.54) is 11.8 Å². The molecule has 0 saturated heterocycles. The minimum absolute atomic E-state index is 0.0229. The highest BCUT2D eigenvalue weighted by Crippen LogP contribution is 2.11. The lowest BCUT2D eigenvalue weighted by Gasteiger charge is -2.30. The van der Waals surface area contributed by atoms with Gasteiger partial charge >= 0.3 is 5.97 Å². The minimum atomic E-state index is -1.10. The normalized spacial score (nSPS) is 12.3. The average molecular weight is 290 g/mol. The van der Waals surface area contributed by atoms with Gasteiger partial charge in [0.05, 0.1) is 5.75 Å². The van der Waals surface area contributed by atoms with Crippen LogP contribution in [0.2, 0.25) is 0 Å². The quantitative estimate of drug-likeness (QED) is 0.606. The lowest BCUT2D eigenvalue weighted by atomic mass is 10.2. The summed E-state index contributed by atoms with van der Waals surface area (Å²) in [6.07, 6.45) is 0.357. The molecule has 0 rings (SSSR count). The first kappa shape index (κ1) is 17.8. The Hall–Kier alpha value is -1.24. The van der Waals surface area contributed by atoms with Crippen molar-refractivity contribution in [3.63, 3.8) is 0 Å². The SMILES string of the molecule is CC(C)N(C(=O)CSCC(NC=O)C(=O)O)C(C)C. The monoisotopic (exact) mass is 290 g/mol. The van der Waals surface area contributed by atoms with Gasteiger partial charge in [0.1, 0.15) is 6.04 Å². The van der Waals surface area contributed by atoms with Crippen molar-refractivity contribution in [1.82, 2.24) is 10.2 Å². The number of aliphatic carboxylic acids is 1. The largest absolute Gasteiger partial charge is 0.480 e. The number of nitrogens with zero attached hydrogens (tertiary/aromatic N) is 1. The Morgan fingerprint density at radius 3 is 2.16 bits per heavy atom. The molecule has 0 heterocycles. The third kappa shape index (κ3) is 6.47. The second-order valence-electron chi connectivity index (χ2n) is 4.68. The number of carboxylic acid groups (broad SMARTS) is 1. The van der Waals surface area contributed by atoms with E-state index in [0.717, 1.165) is 0 Å². The summed E-state index contributed by atoms with van der Waals surface area (Å²) in [5.41, 5.74) is 0. The molecule has 0 fully saturated rings. The van der Waals surface area contributed by atoms with Crippen molar-refractivity contribution < 1.29 is 19.5 Å². The predicted molar refractivity (Wildman–Crippen MR) is 75.1 cm³/mol. The maximum absolute atomic E-state index is 12.0. The highest BCUT2D eigenvalue weighted by Gasteiger charge is 2.21. The Balaban J connectivity index is 4.28. The van der Waals surface area contributed by atoms with Crippen LogP contribution in [0.3, 0.4) is 0 Å². The predicted octanol–water partition coefficient (Wildman–Crippen LogP) is 0.564. The number of carboxylic acids is 1. The van der Waals surface area contributed by atoms with Crippen LogP contribution in [0.15, 0.2) is 0 Å². The molecule has 2 N–H and O–H groups in total. The molecule has 0 aromatic rings. The number of amides is 2. The second kappa shape index (κ2) is 8.79. The summed E-state index contributed by atoms with van der Waals surface area (Å²) in [5.74, 6) is -0.744. The Kier molecular flexibility index (Phi) is 8.22. The molecule has 6 nitrogen and oxygen atoms in total. The van der Waals surface area contributed by atoms with Crippen molar-refractivity contribution in [1.29, 1.82) is 0 Å². The van der Waals surface area contributed by atoms with E-state index in [-0.39, 0.29) is 29.5 Å². The first-order valence-electron chi connectivity index (χ1n) is 6.12. The van der Waals surface area contributed by atoms with E-state index in [4.69, 9.17) is 5.11 Å². The average Bonchev–Trinajstić information content (AvgIpc) is 2.26. The zero-order valence-corrected chi connectivity index (χ0v) is 12.6. The van der Waals surface area contributed by atoms with Gasteiger partial charge in [-0.05, 0) is 27.7 Å². The van der Waals surface area contributed by atoms with Crippen molar-refractivity contribution in [2.45, 2.75) is 45.8 Å². The van der Waals surface area contributed by atoms with Crippen LogP contribution in [0, 0.1) is 0 Å². The molecule has 0 aliphatic rings. The van der Waals surface area contributed by atoms with E-state index in [2.05, 4.69) is 5.32 Å². The Bertz CT molecular complexity index is 313. The maximum Gasteiger partial charge on any atom is 0.327 e. The number of carbonyl (C=O) groups excluding carboxylic acids is 2. The highest BCUT2D eigenvalue weighted by atomic mass is 32.2. The Morgan fingerprint density at radius 1 is 1.26 bits per heavy atom. The number of nitrogens with one attached hydrogen (secondary N) is 1. The van der Waals surface area contributed by atoms with Gasteiger partial charge in [-0.3, -0.25) is 9.59 Å². The van der Waals surface area contributed by atoms with Gasteiger partial charge in [-0.1, -0.05) is 0 Å². The minimum Gasteiger partial charge on any atom is -0.480 e. The van der Waals surface area contributed by atoms with Crippen LogP contribution in [0.25, 0.3) is 0 Å². The summed E-state index contributed by atoms with van der Waals surface area (Å²) in [4.78, 5) is 34.8. The van der Waals surface area contributed by atoms with Gasteiger partial charge < -0.3 is 15.3 Å². The molecule has 1 unspecified atom stereocenters. The first-order chi connectivity index (χ1) is 8.81. The Morgan fingerprint density at radius 2 is 1.79 bits per heavy atom. The van der Waals surface area contributed by atoms with Gasteiger partial charge in [0.2, 0.25) is 12.3 Å². The van der Waals surface area contributed by atoms with Crippen LogP contribution >= 0.6 is 11.8 Å². The van der Waals surface area contributed by atoms with Crippen LogP contribution in [-0.4, -0.2) is 57.9 Å². The van der Waals surface area contributed by atoms with Crippen molar-refractivity contribution >= 4 is 30.0 Å². The van der Waals surface area contributed by atoms with Crippen LogP contribution in [0.1, 0.15) is 27.7 Å². The topological polar surface area (TPSA) is 86.7 Å². The van der Waals surface area contributed by atoms with Gasteiger partial charge in [-0.25, -0.2) is 4.79 Å². The zero-order valence-electron chi connectivity index (χ0n) is 11.8. The number of hydrogen-bond donors (Lipinski definition) is 2. The number of hydrogen-bond acceptors (Lipinski definition) is 4. The highest BCUT2D eigenvalue weighted by molar-refractivity contribution is 8.00. The van der Waals surface area contributed by atoms with Crippen LogP contribution in [0.5, 0.6) is 0 Å². The van der Waals surface area contributed by atoms with Gasteiger partial charge in [0.15, 0.2) is 0 Å². The first-order valence-corrected chi connectivity index (χ1v) is 7.28. The van der Waals surface area contributed by atoms with Gasteiger partial charge in [-0.15, -0.1) is 11.8 Å². The molecule has 0 saturated carbocycles. The molecule has 0 aliphatic heterocycles. The molecule has 7 heteroatoms. The lowest BCUT2D eigenvalue weighted by molar-refractivity contribution is -0.140. The number of carbonyl (C=O) groups is 3. The van der Waals surface area contributed by atoms with E-state index in [9.17, 15) is 14.4 Å². The van der Waals surface area contributed by atoms with E-state index in [0.29, 0.717) is 6.41 Å². The molecular weight excluding hydrogens is 268 g/mol. The molecule has 0 aromatic carbocycles. The smallest absolute Gasteiger partial charge is 0.327 e. The van der Waals surface area contributed by atoms with Crippen molar-refractivity contribution in [2.75, 3.05) is 11.5 Å². The molecule has 110 valence electrons. The fourth-order valence-electron chi connectivity index (χ4n) is 1.78. The van der Waals surface area contributed by atoms with Gasteiger partial charge in [0.25, 0.3) is 0 Å². The summed E-state index contributed by atoms with van der Waals surface area (Å²) in [6, 6.07) is -0.741. The molecule has 0 aliphatic carbocycles. The van der Waals surface area contributed by atoms with Gasteiger partial charge in [-0.2, -0.15) is 0 Å². The van der Waals surface area contributed by atoms with Crippen molar-refractivity contribution in [2.24, 2.45) is 0 Å². The summed E-state index contributed by atoms with van der Waals surface area (Å²) >= 11 is 1.21. The molecule has 0 aromatic heterocycles. The van der Waals surface area contributed by atoms with E-state index >= 15 is 0 Å². The lowest BCUT2D eigenvalue weighted by Crippen LogP contribution is -2.43. The standard InChI is InChI=1S/C12H22N2O4S/c1-8(2)14(9(3)4)11(16)6-19-5-10(12(17)18)13-7-15/h7-10H,5-6H2,1-4H3,(H,13,15)(H,17,18). The summed E-state index contributed by atoms with van der Waals surface area (Å²) in [5, 5.41) is 11.0. The molecular formula is C12H22N2O4S. The van der Waals surface area contributed by atoms with Gasteiger partial charge in [0, 0.05) is 17.8 Å².